The number of nitrogens with zero attached hydrogens (tertiary/aromatic N) is 1. The van der Waals surface area contributed by atoms with Crippen LogP contribution in [0.2, 0.25) is 0 Å². The minimum Gasteiger partial charge on any atom is -0.354 e. The smallest absolute Gasteiger partial charge is 0.266 e. The number of nitrogens with one attached hydrogen (secondary N) is 3. The van der Waals surface area contributed by atoms with Crippen LogP contribution in [0.15, 0.2) is 23.0 Å². The fourth-order valence-electron chi connectivity index (χ4n) is 2.96. The van der Waals surface area contributed by atoms with Crippen molar-refractivity contribution in [1.82, 2.24) is 15.6 Å². The normalized spacial score (nSPS) is 10.3. The van der Waals surface area contributed by atoms with Gasteiger partial charge in [0.25, 0.3) is 11.5 Å². The molecule has 8 heteroatoms. The third kappa shape index (κ3) is 5.51. The van der Waals surface area contributed by atoms with E-state index in [1.54, 1.807) is 20.8 Å². The highest BCUT2D eigenvalue weighted by atomic mass is 19.1. The van der Waals surface area contributed by atoms with Gasteiger partial charge in [0.15, 0.2) is 0 Å². The molecule has 0 saturated carbocycles. The summed E-state index contributed by atoms with van der Waals surface area (Å²) in [4.78, 5) is 38.4. The molecular formula is C21H23FN4O3. The summed E-state index contributed by atoms with van der Waals surface area (Å²) >= 11 is 0. The van der Waals surface area contributed by atoms with Crippen molar-refractivity contribution in [3.8, 4) is 6.07 Å². The zero-order chi connectivity index (χ0) is 21.6. The van der Waals surface area contributed by atoms with E-state index in [0.717, 1.165) is 5.56 Å². The molecule has 29 heavy (non-hydrogen) atoms. The molecule has 0 unspecified atom stereocenters. The van der Waals surface area contributed by atoms with E-state index in [2.05, 4.69) is 15.6 Å². The second kappa shape index (κ2) is 9.64. The van der Waals surface area contributed by atoms with E-state index in [0.29, 0.717) is 23.2 Å². The Labute approximate surface area is 167 Å². The van der Waals surface area contributed by atoms with Gasteiger partial charge >= 0.3 is 0 Å². The van der Waals surface area contributed by atoms with Gasteiger partial charge in [-0.1, -0.05) is 6.07 Å². The van der Waals surface area contributed by atoms with Crippen molar-refractivity contribution in [2.45, 2.75) is 33.6 Å². The van der Waals surface area contributed by atoms with E-state index >= 15 is 0 Å². The fourth-order valence-corrected chi connectivity index (χ4v) is 2.96. The lowest BCUT2D eigenvalue weighted by Crippen LogP contribution is -2.34. The molecule has 0 atom stereocenters. The Morgan fingerprint density at radius 1 is 1.17 bits per heavy atom. The van der Waals surface area contributed by atoms with Crippen molar-refractivity contribution >= 4 is 11.8 Å². The van der Waals surface area contributed by atoms with Gasteiger partial charge in [-0.15, -0.1) is 0 Å². The molecule has 7 nitrogen and oxygen atoms in total. The van der Waals surface area contributed by atoms with Crippen LogP contribution in [-0.2, 0) is 11.2 Å². The molecular weight excluding hydrogens is 375 g/mol. The summed E-state index contributed by atoms with van der Waals surface area (Å²) in [5, 5.41) is 14.4. The van der Waals surface area contributed by atoms with Crippen molar-refractivity contribution in [3.05, 3.63) is 67.9 Å². The first kappa shape index (κ1) is 21.8. The Kier molecular flexibility index (Phi) is 7.26. The maximum absolute atomic E-state index is 13.5. The number of hydrogen-bond acceptors (Lipinski definition) is 4. The maximum atomic E-state index is 13.5. The number of pyridine rings is 1. The van der Waals surface area contributed by atoms with Crippen molar-refractivity contribution in [3.63, 3.8) is 0 Å². The molecule has 0 saturated heterocycles. The van der Waals surface area contributed by atoms with E-state index in [1.807, 2.05) is 6.07 Å². The number of rotatable bonds is 7. The van der Waals surface area contributed by atoms with Gasteiger partial charge in [0.2, 0.25) is 5.91 Å². The van der Waals surface area contributed by atoms with E-state index < -0.39 is 17.3 Å². The predicted molar refractivity (Wildman–Crippen MR) is 106 cm³/mol. The van der Waals surface area contributed by atoms with Crippen LogP contribution < -0.4 is 16.2 Å². The monoisotopic (exact) mass is 398 g/mol. The Balaban J connectivity index is 1.81. The van der Waals surface area contributed by atoms with Gasteiger partial charge in [-0.25, -0.2) is 4.39 Å². The average Bonchev–Trinajstić information content (AvgIpc) is 2.67. The minimum atomic E-state index is -0.446. The van der Waals surface area contributed by atoms with Crippen LogP contribution in [0.5, 0.6) is 0 Å². The molecule has 2 rings (SSSR count). The van der Waals surface area contributed by atoms with Gasteiger partial charge in [0.05, 0.1) is 0 Å². The molecule has 0 bridgehead atoms. The standard InChI is InChI=1S/C21H23FN4O3/c1-12-4-5-15(10-18(12)22)20(28)25-9-8-24-19(27)7-6-16-13(2)17(11-23)21(29)26-14(16)3/h4-5,10H,6-9H2,1-3H3,(H,24,27)(H,25,28)(H,26,29). The molecule has 2 amide bonds. The van der Waals surface area contributed by atoms with Crippen LogP contribution in [0.25, 0.3) is 0 Å². The number of carbonyl (C=O) groups is 2. The first-order valence-corrected chi connectivity index (χ1v) is 9.18. The number of carbonyl (C=O) groups excluding carboxylic acids is 2. The molecule has 0 aliphatic heterocycles. The molecule has 0 spiro atoms. The van der Waals surface area contributed by atoms with Crippen molar-refractivity contribution in [2.24, 2.45) is 0 Å². The molecule has 0 radical (unpaired) electrons. The number of aryl methyl sites for hydroxylation is 2. The number of aromatic amines is 1. The molecule has 1 aromatic carbocycles. The molecule has 152 valence electrons. The highest BCUT2D eigenvalue weighted by molar-refractivity contribution is 5.94. The van der Waals surface area contributed by atoms with Gasteiger partial charge in [-0.3, -0.25) is 14.4 Å². The molecule has 1 heterocycles. The Hall–Kier alpha value is -3.47. The predicted octanol–water partition coefficient (Wildman–Crippen LogP) is 1.79. The number of benzene rings is 1. The lowest BCUT2D eigenvalue weighted by atomic mass is 9.99. The molecule has 3 N–H and O–H groups in total. The Bertz CT molecular complexity index is 1040. The summed E-state index contributed by atoms with van der Waals surface area (Å²) in [7, 11) is 0. The van der Waals surface area contributed by atoms with Gasteiger partial charge in [-0.2, -0.15) is 5.26 Å². The highest BCUT2D eigenvalue weighted by Crippen LogP contribution is 2.14. The van der Waals surface area contributed by atoms with Gasteiger partial charge < -0.3 is 15.6 Å². The summed E-state index contributed by atoms with van der Waals surface area (Å²) in [6.07, 6.45) is 0.555. The average molecular weight is 398 g/mol. The van der Waals surface area contributed by atoms with Crippen molar-refractivity contribution in [2.75, 3.05) is 13.1 Å². The lowest BCUT2D eigenvalue weighted by molar-refractivity contribution is -0.121. The first-order valence-electron chi connectivity index (χ1n) is 9.18. The number of halogens is 1. The number of hydrogen-bond donors (Lipinski definition) is 3. The summed E-state index contributed by atoms with van der Waals surface area (Å²) in [5.74, 6) is -1.08. The van der Waals surface area contributed by atoms with Crippen LogP contribution in [-0.4, -0.2) is 29.9 Å². The van der Waals surface area contributed by atoms with Crippen molar-refractivity contribution < 1.29 is 14.0 Å². The highest BCUT2D eigenvalue weighted by Gasteiger charge is 2.13. The number of nitriles is 1. The Morgan fingerprint density at radius 3 is 2.52 bits per heavy atom. The number of H-pyrrole nitrogens is 1. The first-order chi connectivity index (χ1) is 13.7. The topological polar surface area (TPSA) is 115 Å². The SMILES string of the molecule is Cc1ccc(C(=O)NCCNC(=O)CCc2c(C)[nH]c(=O)c(C#N)c2C)cc1F. The van der Waals surface area contributed by atoms with Crippen LogP contribution in [0, 0.1) is 37.9 Å². The van der Waals surface area contributed by atoms with E-state index in [9.17, 15) is 18.8 Å². The second-order valence-corrected chi connectivity index (χ2v) is 6.74. The van der Waals surface area contributed by atoms with Crippen LogP contribution in [0.4, 0.5) is 4.39 Å². The summed E-state index contributed by atoms with van der Waals surface area (Å²) in [6, 6.07) is 6.13. The molecule has 0 aliphatic rings. The summed E-state index contributed by atoms with van der Waals surface area (Å²) < 4.78 is 13.5. The number of amides is 2. The van der Waals surface area contributed by atoms with Crippen LogP contribution in [0.1, 0.15) is 44.7 Å². The Morgan fingerprint density at radius 2 is 1.86 bits per heavy atom. The minimum absolute atomic E-state index is 0.0567. The van der Waals surface area contributed by atoms with Crippen LogP contribution >= 0.6 is 0 Å². The molecule has 1 aromatic heterocycles. The fraction of sp³-hybridized carbons (Fsp3) is 0.333. The zero-order valence-electron chi connectivity index (χ0n) is 16.6. The summed E-state index contributed by atoms with van der Waals surface area (Å²) in [5.41, 5.74) is 2.30. The van der Waals surface area contributed by atoms with E-state index in [1.165, 1.54) is 18.2 Å². The van der Waals surface area contributed by atoms with Gasteiger partial charge in [-0.05, 0) is 56.0 Å². The molecule has 0 aliphatic carbocycles. The third-order valence-electron chi connectivity index (χ3n) is 4.69. The van der Waals surface area contributed by atoms with Gasteiger partial charge in [0, 0.05) is 30.8 Å². The largest absolute Gasteiger partial charge is 0.354 e. The quantitative estimate of drug-likeness (QED) is 0.617. The third-order valence-corrected chi connectivity index (χ3v) is 4.69. The zero-order valence-corrected chi connectivity index (χ0v) is 16.6. The van der Waals surface area contributed by atoms with Crippen LogP contribution in [0.3, 0.4) is 0 Å². The summed E-state index contributed by atoms with van der Waals surface area (Å²) in [6.45, 7) is 5.47. The van der Waals surface area contributed by atoms with E-state index in [-0.39, 0.29) is 36.5 Å². The maximum Gasteiger partial charge on any atom is 0.266 e. The van der Waals surface area contributed by atoms with Crippen molar-refractivity contribution in [1.29, 1.82) is 5.26 Å². The van der Waals surface area contributed by atoms with Gasteiger partial charge in [0.1, 0.15) is 17.4 Å². The lowest BCUT2D eigenvalue weighted by Gasteiger charge is -2.11. The number of aromatic nitrogens is 1. The van der Waals surface area contributed by atoms with E-state index in [4.69, 9.17) is 5.26 Å². The molecule has 2 aromatic rings. The molecule has 0 fully saturated rings. The second-order valence-electron chi connectivity index (χ2n) is 6.74.